The van der Waals surface area contributed by atoms with E-state index in [0.717, 1.165) is 5.75 Å². The topological polar surface area (TPSA) is 98.6 Å². The number of ether oxygens (including phenoxy) is 1. The molecule has 17 heavy (non-hydrogen) atoms. The third-order valence-corrected chi connectivity index (χ3v) is 1.93. The Bertz CT molecular complexity index is 379. The molecule has 0 aliphatic heterocycles. The van der Waals surface area contributed by atoms with E-state index in [1.165, 1.54) is 0 Å². The Morgan fingerprint density at radius 3 is 2.76 bits per heavy atom. The van der Waals surface area contributed by atoms with Crippen LogP contribution in [0.5, 0.6) is 5.75 Å². The average molecular weight is 238 g/mol. The molecule has 0 fully saturated rings. The normalized spacial score (nSPS) is 10.9. The molecule has 0 unspecified atom stereocenters. The van der Waals surface area contributed by atoms with Crippen LogP contribution in [-0.2, 0) is 4.79 Å². The summed E-state index contributed by atoms with van der Waals surface area (Å²) in [7, 11) is 0. The molecular weight excluding hydrogens is 222 g/mol. The van der Waals surface area contributed by atoms with Gasteiger partial charge in [-0.05, 0) is 12.1 Å². The van der Waals surface area contributed by atoms with Crippen molar-refractivity contribution in [2.45, 2.75) is 6.42 Å². The number of nitrogens with one attached hydrogen (secondary N) is 2. The van der Waals surface area contributed by atoms with Gasteiger partial charge in [0.15, 0.2) is 0 Å². The van der Waals surface area contributed by atoms with Crippen LogP contribution in [-0.4, -0.2) is 30.1 Å². The monoisotopic (exact) mass is 238 g/mol. The Labute approximate surface area is 99.1 Å². The third kappa shape index (κ3) is 5.41. The number of hydrogen-bond acceptors (Lipinski definition) is 3. The van der Waals surface area contributed by atoms with E-state index in [1.54, 1.807) is 5.16 Å². The first-order valence-electron chi connectivity index (χ1n) is 5.18. The van der Waals surface area contributed by atoms with Gasteiger partial charge >= 0.3 is 0 Å². The summed E-state index contributed by atoms with van der Waals surface area (Å²) in [5.41, 5.74) is 5.23. The van der Waals surface area contributed by atoms with Crippen LogP contribution < -0.4 is 20.9 Å². The van der Waals surface area contributed by atoms with Crippen LogP contribution in [0.2, 0.25) is 0 Å². The minimum atomic E-state index is -0.277. The Morgan fingerprint density at radius 2 is 2.12 bits per heavy atom. The second-order valence-corrected chi connectivity index (χ2v) is 3.33. The molecule has 0 spiro atoms. The van der Waals surface area contributed by atoms with Crippen molar-refractivity contribution in [3.8, 4) is 5.75 Å². The lowest BCUT2D eigenvalue weighted by Gasteiger charge is -2.06. The molecule has 1 rings (SSSR count). The number of nitrogens with two attached hydrogens (primary N) is 1. The largest absolute Gasteiger partial charge is 0.492 e. The molecule has 6 heteroatoms. The van der Waals surface area contributed by atoms with Crippen LogP contribution in [0.4, 0.5) is 0 Å². The molecule has 92 valence electrons. The van der Waals surface area contributed by atoms with Crippen molar-refractivity contribution in [1.29, 1.82) is 0 Å². The number of carbonyl (C=O) groups excluding carboxylic acids is 1. The standard InChI is InChI=1S/C11H15N3O3/c12-10(14-16)8-11(15)13-6-7-17-9-4-2-1-3-5-9/h1-5,16H,6-8H2,(H2,12,14)(H,13,15)/p+1. The summed E-state index contributed by atoms with van der Waals surface area (Å²) in [6.07, 6.45) is -0.0676. The predicted octanol–water partition coefficient (Wildman–Crippen LogP) is -1.60. The summed E-state index contributed by atoms with van der Waals surface area (Å²) < 4.78 is 5.37. The summed E-state index contributed by atoms with van der Waals surface area (Å²) in [5.74, 6) is 0.483. The van der Waals surface area contributed by atoms with Crippen LogP contribution in [0.25, 0.3) is 0 Å². The van der Waals surface area contributed by atoms with Crippen molar-refractivity contribution in [2.24, 2.45) is 5.73 Å². The van der Waals surface area contributed by atoms with Gasteiger partial charge in [-0.25, -0.2) is 0 Å². The van der Waals surface area contributed by atoms with E-state index < -0.39 is 0 Å². The number of amidine groups is 1. The first-order valence-corrected chi connectivity index (χ1v) is 5.18. The van der Waals surface area contributed by atoms with E-state index in [0.29, 0.717) is 13.2 Å². The smallest absolute Gasteiger partial charge is 0.288 e. The molecule has 1 aromatic rings. The number of para-hydroxylation sites is 1. The number of hydrogen-bond donors (Lipinski definition) is 4. The van der Waals surface area contributed by atoms with E-state index in [1.807, 2.05) is 30.3 Å². The zero-order valence-corrected chi connectivity index (χ0v) is 9.35. The van der Waals surface area contributed by atoms with Crippen LogP contribution in [0.15, 0.2) is 30.3 Å². The molecule has 0 radical (unpaired) electrons. The predicted molar refractivity (Wildman–Crippen MR) is 61.5 cm³/mol. The maximum absolute atomic E-state index is 11.2. The molecule has 6 nitrogen and oxygen atoms in total. The summed E-state index contributed by atoms with van der Waals surface area (Å²) in [4.78, 5) is 11.2. The molecule has 0 heterocycles. The van der Waals surface area contributed by atoms with Crippen molar-refractivity contribution in [3.63, 3.8) is 0 Å². The zero-order chi connectivity index (χ0) is 12.5. The molecular formula is C11H16N3O3+. The van der Waals surface area contributed by atoms with Gasteiger partial charge in [0, 0.05) is 0 Å². The Balaban J connectivity index is 2.14. The first kappa shape index (κ1) is 12.8. The minimum absolute atomic E-state index is 0.00600. The minimum Gasteiger partial charge on any atom is -0.492 e. The van der Waals surface area contributed by atoms with Crippen molar-refractivity contribution >= 4 is 11.7 Å². The van der Waals surface area contributed by atoms with Gasteiger partial charge in [0.2, 0.25) is 5.91 Å². The zero-order valence-electron chi connectivity index (χ0n) is 9.35. The maximum Gasteiger partial charge on any atom is 0.288 e. The van der Waals surface area contributed by atoms with Gasteiger partial charge in [0.1, 0.15) is 18.8 Å². The van der Waals surface area contributed by atoms with Gasteiger partial charge in [-0.3, -0.25) is 10.5 Å². The highest BCUT2D eigenvalue weighted by atomic mass is 16.5. The van der Waals surface area contributed by atoms with Gasteiger partial charge in [0.25, 0.3) is 5.84 Å². The van der Waals surface area contributed by atoms with Gasteiger partial charge in [0.05, 0.1) is 6.54 Å². The number of carbonyl (C=O) groups is 1. The second kappa shape index (κ2) is 7.10. The van der Waals surface area contributed by atoms with E-state index in [2.05, 4.69) is 5.32 Å². The lowest BCUT2D eigenvalue weighted by molar-refractivity contribution is -0.738. The number of amides is 1. The van der Waals surface area contributed by atoms with E-state index in [4.69, 9.17) is 15.7 Å². The van der Waals surface area contributed by atoms with Gasteiger partial charge in [-0.15, -0.1) is 0 Å². The number of rotatable bonds is 6. The molecule has 0 aliphatic rings. The Morgan fingerprint density at radius 1 is 1.41 bits per heavy atom. The van der Waals surface area contributed by atoms with Gasteiger partial charge < -0.3 is 15.3 Å². The van der Waals surface area contributed by atoms with E-state index in [-0.39, 0.29) is 18.2 Å². The molecule has 0 saturated carbocycles. The van der Waals surface area contributed by atoms with Crippen molar-refractivity contribution < 1.29 is 19.9 Å². The lowest BCUT2D eigenvalue weighted by Crippen LogP contribution is -2.72. The molecule has 1 amide bonds. The van der Waals surface area contributed by atoms with Gasteiger partial charge in [-0.2, -0.15) is 0 Å². The third-order valence-electron chi connectivity index (χ3n) is 1.93. The number of benzene rings is 1. The van der Waals surface area contributed by atoms with Crippen molar-refractivity contribution in [2.75, 3.05) is 13.2 Å². The lowest BCUT2D eigenvalue weighted by atomic mass is 10.3. The van der Waals surface area contributed by atoms with Gasteiger partial charge in [-0.1, -0.05) is 23.4 Å². The summed E-state index contributed by atoms with van der Waals surface area (Å²) in [6, 6.07) is 9.31. The van der Waals surface area contributed by atoms with Crippen LogP contribution in [0, 0.1) is 0 Å². The molecule has 0 saturated heterocycles. The van der Waals surface area contributed by atoms with Crippen LogP contribution in [0.3, 0.4) is 0 Å². The van der Waals surface area contributed by atoms with Crippen LogP contribution in [0.1, 0.15) is 6.42 Å². The molecule has 0 aliphatic carbocycles. The maximum atomic E-state index is 11.2. The van der Waals surface area contributed by atoms with Crippen LogP contribution >= 0.6 is 0 Å². The SMILES string of the molecule is NC(CC(=O)NCCOc1ccccc1)=[NH+]O. The first-order chi connectivity index (χ1) is 8.22. The summed E-state index contributed by atoms with van der Waals surface area (Å²) >= 11 is 0. The molecule has 5 N–H and O–H groups in total. The van der Waals surface area contributed by atoms with E-state index in [9.17, 15) is 4.79 Å². The molecule has 0 aromatic heterocycles. The fourth-order valence-corrected chi connectivity index (χ4v) is 1.15. The molecule has 0 atom stereocenters. The molecule has 1 aromatic carbocycles. The highest BCUT2D eigenvalue weighted by molar-refractivity contribution is 5.96. The Hall–Kier alpha value is -2.24. The van der Waals surface area contributed by atoms with Crippen molar-refractivity contribution in [1.82, 2.24) is 5.32 Å². The fraction of sp³-hybridized carbons (Fsp3) is 0.273. The molecule has 0 bridgehead atoms. The second-order valence-electron chi connectivity index (χ2n) is 3.33. The van der Waals surface area contributed by atoms with Crippen molar-refractivity contribution in [3.05, 3.63) is 30.3 Å². The summed E-state index contributed by atoms with van der Waals surface area (Å²) in [5, 5.41) is 12.7. The summed E-state index contributed by atoms with van der Waals surface area (Å²) in [6.45, 7) is 0.759. The quantitative estimate of drug-likeness (QED) is 0.158. The fourth-order valence-electron chi connectivity index (χ4n) is 1.15. The highest BCUT2D eigenvalue weighted by Gasteiger charge is 2.07. The Kier molecular flexibility index (Phi) is 5.36. The average Bonchev–Trinajstić information content (AvgIpc) is 2.36. The highest BCUT2D eigenvalue weighted by Crippen LogP contribution is 2.07. The van der Waals surface area contributed by atoms with E-state index >= 15 is 0 Å².